The largest absolute Gasteiger partial charge is 0.335 e. The van der Waals surface area contributed by atoms with Gasteiger partial charge in [0, 0.05) is 42.5 Å². The molecule has 6 heteroatoms. The van der Waals surface area contributed by atoms with E-state index in [2.05, 4.69) is 19.2 Å². The van der Waals surface area contributed by atoms with Crippen molar-refractivity contribution in [2.75, 3.05) is 13.1 Å². The highest BCUT2D eigenvalue weighted by molar-refractivity contribution is 6.31. The topological polar surface area (TPSA) is 54.3 Å². The number of amides is 1. The van der Waals surface area contributed by atoms with Crippen molar-refractivity contribution in [1.29, 1.82) is 0 Å². The smallest absolute Gasteiger partial charge is 0.255 e. The molecule has 5 nitrogen and oxygen atoms in total. The number of halogens is 1. The number of carbonyl (C=O) groups excluding carboxylic acids is 1. The number of carbonyl (C=O) groups is 1. The molecule has 0 saturated carbocycles. The first-order valence-electron chi connectivity index (χ1n) is 8.43. The van der Waals surface area contributed by atoms with Gasteiger partial charge in [-0.25, -0.2) is 0 Å². The Morgan fingerprint density at radius 2 is 1.84 bits per heavy atom. The molecule has 0 aliphatic carbocycles. The van der Waals surface area contributed by atoms with Crippen LogP contribution in [0.5, 0.6) is 0 Å². The maximum atomic E-state index is 12.8. The highest BCUT2D eigenvalue weighted by Gasteiger charge is 2.25. The number of nitrogens with one attached hydrogen (secondary N) is 1. The summed E-state index contributed by atoms with van der Waals surface area (Å²) >= 11 is 6.19. The SMILES string of the molecule is C[C@@H]1CN(C(=O)c2ccc(=O)n(Cc3ccccc3Cl)c2)C[C@@H](C)N1. The van der Waals surface area contributed by atoms with Crippen molar-refractivity contribution in [3.8, 4) is 0 Å². The first kappa shape index (κ1) is 17.7. The van der Waals surface area contributed by atoms with E-state index in [1.165, 1.54) is 10.6 Å². The third-order valence-corrected chi connectivity index (χ3v) is 4.74. The summed E-state index contributed by atoms with van der Waals surface area (Å²) in [5.41, 5.74) is 1.21. The highest BCUT2D eigenvalue weighted by atomic mass is 35.5. The second-order valence-electron chi connectivity index (χ2n) is 6.65. The number of aromatic nitrogens is 1. The van der Waals surface area contributed by atoms with E-state index < -0.39 is 0 Å². The van der Waals surface area contributed by atoms with E-state index >= 15 is 0 Å². The zero-order chi connectivity index (χ0) is 18.0. The van der Waals surface area contributed by atoms with E-state index in [0.717, 1.165) is 5.56 Å². The summed E-state index contributed by atoms with van der Waals surface area (Å²) in [6.45, 7) is 5.79. The number of benzene rings is 1. The maximum Gasteiger partial charge on any atom is 0.255 e. The Labute approximate surface area is 152 Å². The summed E-state index contributed by atoms with van der Waals surface area (Å²) in [7, 11) is 0. The number of nitrogens with zero attached hydrogens (tertiary/aromatic N) is 2. The molecule has 2 atom stereocenters. The fraction of sp³-hybridized carbons (Fsp3) is 0.368. The standard InChI is InChI=1S/C19H22ClN3O2/c1-13-9-23(10-14(2)21-13)19(25)16-7-8-18(24)22(12-16)11-15-5-3-4-6-17(15)20/h3-8,12-14,21H,9-11H2,1-2H3/t13-,14-/m1/s1. The quantitative estimate of drug-likeness (QED) is 0.915. The Hall–Kier alpha value is -2.11. The van der Waals surface area contributed by atoms with Crippen molar-refractivity contribution >= 4 is 17.5 Å². The fourth-order valence-corrected chi connectivity index (χ4v) is 3.46. The summed E-state index contributed by atoms with van der Waals surface area (Å²) in [6, 6.07) is 10.9. The first-order chi connectivity index (χ1) is 11.9. The fourth-order valence-electron chi connectivity index (χ4n) is 3.27. The van der Waals surface area contributed by atoms with E-state index in [9.17, 15) is 9.59 Å². The monoisotopic (exact) mass is 359 g/mol. The van der Waals surface area contributed by atoms with Crippen LogP contribution >= 0.6 is 11.6 Å². The molecule has 25 heavy (non-hydrogen) atoms. The van der Waals surface area contributed by atoms with Crippen LogP contribution in [0.2, 0.25) is 5.02 Å². The molecule has 3 rings (SSSR count). The van der Waals surface area contributed by atoms with Gasteiger partial charge in [0.1, 0.15) is 0 Å². The Morgan fingerprint density at radius 3 is 2.52 bits per heavy atom. The molecule has 1 aromatic carbocycles. The van der Waals surface area contributed by atoms with Crippen LogP contribution in [0.3, 0.4) is 0 Å². The van der Waals surface area contributed by atoms with Crippen LogP contribution in [0.4, 0.5) is 0 Å². The van der Waals surface area contributed by atoms with E-state index in [-0.39, 0.29) is 23.6 Å². The minimum absolute atomic E-state index is 0.0480. The van der Waals surface area contributed by atoms with Crippen molar-refractivity contribution in [2.24, 2.45) is 0 Å². The Bertz CT molecular complexity index is 823. The molecular formula is C19H22ClN3O2. The zero-order valence-electron chi connectivity index (χ0n) is 14.4. The van der Waals surface area contributed by atoms with Gasteiger partial charge in [-0.3, -0.25) is 9.59 Å². The summed E-state index contributed by atoms with van der Waals surface area (Å²) in [5.74, 6) is -0.0480. The third-order valence-electron chi connectivity index (χ3n) is 4.37. The van der Waals surface area contributed by atoms with Crippen LogP contribution in [0.15, 0.2) is 47.4 Å². The Balaban J connectivity index is 1.85. The zero-order valence-corrected chi connectivity index (χ0v) is 15.2. The minimum atomic E-state index is -0.154. The van der Waals surface area contributed by atoms with Crippen LogP contribution in [0.25, 0.3) is 0 Å². The molecule has 0 bridgehead atoms. The molecule has 132 valence electrons. The van der Waals surface area contributed by atoms with Crippen LogP contribution in [-0.4, -0.2) is 40.5 Å². The van der Waals surface area contributed by atoms with Crippen LogP contribution in [0, 0.1) is 0 Å². The van der Waals surface area contributed by atoms with Crippen molar-refractivity contribution in [2.45, 2.75) is 32.5 Å². The van der Waals surface area contributed by atoms with Gasteiger partial charge in [0.2, 0.25) is 0 Å². The second kappa shape index (κ2) is 7.42. The lowest BCUT2D eigenvalue weighted by molar-refractivity contribution is 0.0673. The molecule has 2 aromatic rings. The predicted molar refractivity (Wildman–Crippen MR) is 99.2 cm³/mol. The van der Waals surface area contributed by atoms with Gasteiger partial charge in [-0.05, 0) is 31.5 Å². The molecule has 1 aliphatic rings. The molecule has 1 N–H and O–H groups in total. The van der Waals surface area contributed by atoms with Crippen LogP contribution < -0.4 is 10.9 Å². The molecule has 2 heterocycles. The molecule has 0 spiro atoms. The van der Waals surface area contributed by atoms with Gasteiger partial charge in [0.15, 0.2) is 0 Å². The van der Waals surface area contributed by atoms with Gasteiger partial charge in [-0.1, -0.05) is 29.8 Å². The van der Waals surface area contributed by atoms with Gasteiger partial charge in [-0.15, -0.1) is 0 Å². The van der Waals surface area contributed by atoms with Crippen LogP contribution in [-0.2, 0) is 6.54 Å². The van der Waals surface area contributed by atoms with Crippen molar-refractivity contribution in [3.05, 3.63) is 69.1 Å². The Morgan fingerprint density at radius 1 is 1.16 bits per heavy atom. The number of rotatable bonds is 3. The average molecular weight is 360 g/mol. The normalized spacial score (nSPS) is 20.5. The highest BCUT2D eigenvalue weighted by Crippen LogP contribution is 2.16. The molecule has 1 aliphatic heterocycles. The first-order valence-corrected chi connectivity index (χ1v) is 8.81. The molecule has 1 amide bonds. The third kappa shape index (κ3) is 4.11. The molecule has 1 fully saturated rings. The molecule has 1 saturated heterocycles. The van der Waals surface area contributed by atoms with Crippen LogP contribution in [0.1, 0.15) is 29.8 Å². The lowest BCUT2D eigenvalue weighted by atomic mass is 10.1. The van der Waals surface area contributed by atoms with Gasteiger partial charge >= 0.3 is 0 Å². The van der Waals surface area contributed by atoms with Gasteiger partial charge in [-0.2, -0.15) is 0 Å². The summed E-state index contributed by atoms with van der Waals surface area (Å²) in [4.78, 5) is 26.8. The Kier molecular flexibility index (Phi) is 5.25. The van der Waals surface area contributed by atoms with Crippen molar-refractivity contribution in [1.82, 2.24) is 14.8 Å². The summed E-state index contributed by atoms with van der Waals surface area (Å²) in [5, 5.41) is 4.02. The van der Waals surface area contributed by atoms with Gasteiger partial charge in [0.25, 0.3) is 11.5 Å². The lowest BCUT2D eigenvalue weighted by Gasteiger charge is -2.36. The van der Waals surface area contributed by atoms with Gasteiger partial charge in [0.05, 0.1) is 12.1 Å². The molecule has 1 aromatic heterocycles. The number of hydrogen-bond donors (Lipinski definition) is 1. The van der Waals surface area contributed by atoms with E-state index in [1.807, 2.05) is 23.1 Å². The second-order valence-corrected chi connectivity index (χ2v) is 7.06. The maximum absolute atomic E-state index is 12.8. The lowest BCUT2D eigenvalue weighted by Crippen LogP contribution is -2.55. The van der Waals surface area contributed by atoms with E-state index in [4.69, 9.17) is 11.6 Å². The molecule has 0 radical (unpaired) electrons. The van der Waals surface area contributed by atoms with E-state index in [0.29, 0.717) is 30.2 Å². The summed E-state index contributed by atoms with van der Waals surface area (Å²) in [6.07, 6.45) is 1.63. The minimum Gasteiger partial charge on any atom is -0.335 e. The van der Waals surface area contributed by atoms with E-state index in [1.54, 1.807) is 18.3 Å². The number of piperazine rings is 1. The number of hydrogen-bond acceptors (Lipinski definition) is 3. The van der Waals surface area contributed by atoms with Crippen molar-refractivity contribution in [3.63, 3.8) is 0 Å². The predicted octanol–water partition coefficient (Wildman–Crippen LogP) is 2.37. The van der Waals surface area contributed by atoms with Gasteiger partial charge < -0.3 is 14.8 Å². The average Bonchev–Trinajstić information content (AvgIpc) is 2.57. The molecule has 0 unspecified atom stereocenters. The molecular weight excluding hydrogens is 338 g/mol. The number of pyridine rings is 1. The van der Waals surface area contributed by atoms with Crippen molar-refractivity contribution < 1.29 is 4.79 Å². The summed E-state index contributed by atoms with van der Waals surface area (Å²) < 4.78 is 1.53.